The number of hydrogen-bond acceptors (Lipinski definition) is 4. The zero-order valence-corrected chi connectivity index (χ0v) is 10.5. The van der Waals surface area contributed by atoms with Gasteiger partial charge in [0.2, 0.25) is 0 Å². The molecule has 0 bridgehead atoms. The number of halogens is 4. The summed E-state index contributed by atoms with van der Waals surface area (Å²) in [5, 5.41) is 8.55. The van der Waals surface area contributed by atoms with E-state index in [9.17, 15) is 13.2 Å². The maximum Gasteiger partial charge on any atom is 0.573 e. The maximum absolute atomic E-state index is 12.1. The predicted molar refractivity (Wildman–Crippen MR) is 60.8 cm³/mol. The number of nitrogens with zero attached hydrogens (tertiary/aromatic N) is 2. The van der Waals surface area contributed by atoms with Gasteiger partial charge < -0.3 is 10.5 Å². The van der Waals surface area contributed by atoms with Gasteiger partial charge in [-0.2, -0.15) is 5.26 Å². The molecule has 17 heavy (non-hydrogen) atoms. The molecule has 1 aromatic rings. The van der Waals surface area contributed by atoms with Crippen molar-refractivity contribution in [2.45, 2.75) is 19.3 Å². The minimum Gasteiger partial charge on any atom is -0.403 e. The third kappa shape index (κ3) is 4.01. The molecule has 0 spiro atoms. The van der Waals surface area contributed by atoms with Crippen LogP contribution >= 0.6 is 22.6 Å². The minimum atomic E-state index is -4.78. The Hall–Kier alpha value is -1.08. The highest BCUT2D eigenvalue weighted by Crippen LogP contribution is 2.28. The molecule has 0 amide bonds. The number of alkyl halides is 3. The number of ether oxygens (including phenoxy) is 1. The van der Waals surface area contributed by atoms with Crippen LogP contribution in [0.1, 0.15) is 11.3 Å². The normalized spacial score (nSPS) is 11.1. The number of rotatable bonds is 3. The van der Waals surface area contributed by atoms with E-state index in [1.165, 1.54) is 0 Å². The summed E-state index contributed by atoms with van der Waals surface area (Å²) in [6.07, 6.45) is -4.85. The Morgan fingerprint density at radius 2 is 2.18 bits per heavy atom. The average Bonchev–Trinajstić information content (AvgIpc) is 2.21. The Bertz CT molecular complexity index is 456. The van der Waals surface area contributed by atoms with Crippen molar-refractivity contribution in [3.63, 3.8) is 0 Å². The lowest BCUT2D eigenvalue weighted by molar-refractivity contribution is -0.275. The monoisotopic (exact) mass is 357 g/mol. The molecule has 1 aromatic heterocycles. The average molecular weight is 357 g/mol. The Kier molecular flexibility index (Phi) is 4.53. The van der Waals surface area contributed by atoms with Crippen LogP contribution in [0.2, 0.25) is 0 Å². The summed E-state index contributed by atoms with van der Waals surface area (Å²) in [4.78, 5) is 3.88. The van der Waals surface area contributed by atoms with Gasteiger partial charge in [-0.05, 0) is 34.2 Å². The summed E-state index contributed by atoms with van der Waals surface area (Å²) in [7, 11) is 0. The third-order valence-electron chi connectivity index (χ3n) is 1.80. The first kappa shape index (κ1) is 14.0. The Morgan fingerprint density at radius 1 is 1.53 bits per heavy atom. The Balaban J connectivity index is 3.16. The molecule has 92 valence electrons. The lowest BCUT2D eigenvalue weighted by Crippen LogP contribution is -2.19. The van der Waals surface area contributed by atoms with Crippen molar-refractivity contribution in [1.29, 1.82) is 5.26 Å². The van der Waals surface area contributed by atoms with Gasteiger partial charge in [0.1, 0.15) is 3.70 Å². The van der Waals surface area contributed by atoms with Crippen LogP contribution in [0, 0.1) is 15.0 Å². The first-order valence-corrected chi connectivity index (χ1v) is 5.46. The summed E-state index contributed by atoms with van der Waals surface area (Å²) in [6.45, 7) is 0.0549. The summed E-state index contributed by atoms with van der Waals surface area (Å²) < 4.78 is 40.1. The van der Waals surface area contributed by atoms with E-state index in [1.54, 1.807) is 22.6 Å². The number of hydrogen-bond donors (Lipinski definition) is 1. The van der Waals surface area contributed by atoms with Gasteiger partial charge in [0.25, 0.3) is 0 Å². The molecule has 0 fully saturated rings. The number of nitriles is 1. The largest absolute Gasteiger partial charge is 0.573 e. The van der Waals surface area contributed by atoms with Crippen molar-refractivity contribution >= 4 is 22.6 Å². The van der Waals surface area contributed by atoms with E-state index >= 15 is 0 Å². The van der Waals surface area contributed by atoms with Crippen LogP contribution in [0.5, 0.6) is 5.75 Å². The van der Waals surface area contributed by atoms with Crippen molar-refractivity contribution in [3.8, 4) is 11.8 Å². The molecule has 0 aliphatic rings. The van der Waals surface area contributed by atoms with Crippen LogP contribution in [-0.2, 0) is 13.0 Å². The Morgan fingerprint density at radius 3 is 2.65 bits per heavy atom. The maximum atomic E-state index is 12.1. The molecule has 0 aliphatic carbocycles. The number of aromatic nitrogens is 1. The third-order valence-corrected chi connectivity index (χ3v) is 2.57. The van der Waals surface area contributed by atoms with Crippen molar-refractivity contribution < 1.29 is 17.9 Å². The van der Waals surface area contributed by atoms with Gasteiger partial charge >= 0.3 is 6.36 Å². The smallest absolute Gasteiger partial charge is 0.403 e. The van der Waals surface area contributed by atoms with Gasteiger partial charge in [0.15, 0.2) is 5.75 Å². The van der Waals surface area contributed by atoms with Gasteiger partial charge in [-0.3, -0.25) is 0 Å². The fourth-order valence-electron chi connectivity index (χ4n) is 1.16. The summed E-state index contributed by atoms with van der Waals surface area (Å²) in [5.41, 5.74) is 6.13. The van der Waals surface area contributed by atoms with Gasteiger partial charge in [0, 0.05) is 6.54 Å². The lowest BCUT2D eigenvalue weighted by atomic mass is 10.1. The van der Waals surface area contributed by atoms with E-state index in [2.05, 4.69) is 9.72 Å². The van der Waals surface area contributed by atoms with E-state index in [4.69, 9.17) is 11.0 Å². The number of pyridine rings is 1. The van der Waals surface area contributed by atoms with Crippen LogP contribution in [-0.4, -0.2) is 11.3 Å². The zero-order valence-electron chi connectivity index (χ0n) is 8.38. The van der Waals surface area contributed by atoms with Crippen LogP contribution in [0.4, 0.5) is 13.2 Å². The highest BCUT2D eigenvalue weighted by atomic mass is 127. The standard InChI is InChI=1S/C9H7F3IN3O/c10-9(11,12)17-7-3-5(1-2-14)6(4-15)16-8(7)13/h3H,1,4,15H2. The van der Waals surface area contributed by atoms with E-state index in [0.29, 0.717) is 11.3 Å². The molecule has 0 radical (unpaired) electrons. The van der Waals surface area contributed by atoms with E-state index in [-0.39, 0.29) is 16.7 Å². The molecule has 0 saturated heterocycles. The molecule has 0 unspecified atom stereocenters. The van der Waals surface area contributed by atoms with Crippen LogP contribution in [0.25, 0.3) is 0 Å². The first-order chi connectivity index (χ1) is 7.87. The second kappa shape index (κ2) is 5.50. The second-order valence-electron chi connectivity index (χ2n) is 2.97. The first-order valence-electron chi connectivity index (χ1n) is 4.38. The van der Waals surface area contributed by atoms with Crippen molar-refractivity contribution in [2.75, 3.05) is 0 Å². The molecule has 2 N–H and O–H groups in total. The molecule has 4 nitrogen and oxygen atoms in total. The van der Waals surface area contributed by atoms with Crippen molar-refractivity contribution in [3.05, 3.63) is 21.0 Å². The summed E-state index contributed by atoms with van der Waals surface area (Å²) in [6, 6.07) is 2.98. The molecule has 8 heteroatoms. The quantitative estimate of drug-likeness (QED) is 0.665. The van der Waals surface area contributed by atoms with Gasteiger partial charge in [0.05, 0.1) is 18.2 Å². The molecule has 0 saturated carbocycles. The zero-order chi connectivity index (χ0) is 13.1. The summed E-state index contributed by atoms with van der Waals surface area (Å²) >= 11 is 1.62. The van der Waals surface area contributed by atoms with Gasteiger partial charge in [-0.1, -0.05) is 0 Å². The van der Waals surface area contributed by atoms with Crippen LogP contribution in [0.15, 0.2) is 6.07 Å². The van der Waals surface area contributed by atoms with Crippen molar-refractivity contribution in [1.82, 2.24) is 4.98 Å². The van der Waals surface area contributed by atoms with Crippen molar-refractivity contribution in [2.24, 2.45) is 5.73 Å². The highest BCUT2D eigenvalue weighted by Gasteiger charge is 2.32. The van der Waals surface area contributed by atoms with Gasteiger partial charge in [-0.25, -0.2) is 4.98 Å². The van der Waals surface area contributed by atoms with Crippen LogP contribution < -0.4 is 10.5 Å². The molecule has 1 heterocycles. The molecular weight excluding hydrogens is 350 g/mol. The SMILES string of the molecule is N#CCc1cc(OC(F)(F)F)c(I)nc1CN. The minimum absolute atomic E-state index is 0.0549. The van der Waals surface area contributed by atoms with Gasteiger partial charge in [-0.15, -0.1) is 13.2 Å². The molecule has 0 aromatic carbocycles. The lowest BCUT2D eigenvalue weighted by Gasteiger charge is -2.12. The molecule has 0 aliphatic heterocycles. The molecule has 0 atom stereocenters. The molecular formula is C9H7F3IN3O. The van der Waals surface area contributed by atoms with E-state index in [0.717, 1.165) is 6.07 Å². The highest BCUT2D eigenvalue weighted by molar-refractivity contribution is 14.1. The van der Waals surface area contributed by atoms with Crippen LogP contribution in [0.3, 0.4) is 0 Å². The topological polar surface area (TPSA) is 71.9 Å². The Labute approximate surface area is 109 Å². The van der Waals surface area contributed by atoms with E-state index < -0.39 is 12.1 Å². The fraction of sp³-hybridized carbons (Fsp3) is 0.333. The summed E-state index contributed by atoms with van der Waals surface area (Å²) in [5.74, 6) is -0.416. The number of nitrogens with two attached hydrogens (primary N) is 1. The fourth-order valence-corrected chi connectivity index (χ4v) is 1.71. The van der Waals surface area contributed by atoms with E-state index in [1.807, 2.05) is 6.07 Å². The second-order valence-corrected chi connectivity index (χ2v) is 3.99. The molecule has 1 rings (SSSR count). The predicted octanol–water partition coefficient (Wildman–Crippen LogP) is 2.11.